The number of carboxylic acid groups (broad SMARTS) is 1. The van der Waals surface area contributed by atoms with Crippen LogP contribution in [0, 0.1) is 0 Å². The summed E-state index contributed by atoms with van der Waals surface area (Å²) in [7, 11) is -3.53. The number of hydrogen-bond donors (Lipinski definition) is 2. The molecule has 1 heterocycles. The fourth-order valence-corrected chi connectivity index (χ4v) is 1.77. The first-order valence-corrected chi connectivity index (χ1v) is 6.98. The van der Waals surface area contributed by atoms with E-state index in [9.17, 15) is 18.0 Å². The van der Waals surface area contributed by atoms with E-state index in [-0.39, 0.29) is 17.3 Å². The maximum Gasteiger partial charge on any atom is 0.326 e. The second-order valence-corrected chi connectivity index (χ2v) is 5.61. The number of rotatable bonds is 5. The van der Waals surface area contributed by atoms with Crippen LogP contribution in [-0.4, -0.2) is 37.7 Å². The summed E-state index contributed by atoms with van der Waals surface area (Å²) >= 11 is 0. The number of nitrogens with one attached hydrogen (secondary N) is 1. The molecule has 100 valence electrons. The zero-order valence-electron chi connectivity index (χ0n) is 9.84. The summed E-state index contributed by atoms with van der Waals surface area (Å²) in [5.41, 5.74) is 0. The third-order valence-corrected chi connectivity index (χ3v) is 3.13. The summed E-state index contributed by atoms with van der Waals surface area (Å²) in [4.78, 5) is 22.3. The third-order valence-electron chi connectivity index (χ3n) is 2.18. The lowest BCUT2D eigenvalue weighted by atomic mass is 10.2. The van der Waals surface area contributed by atoms with E-state index in [1.54, 1.807) is 6.92 Å². The highest BCUT2D eigenvalue weighted by Crippen LogP contribution is 2.13. The first-order chi connectivity index (χ1) is 8.25. The van der Waals surface area contributed by atoms with Crippen LogP contribution in [0.25, 0.3) is 0 Å². The molecule has 0 aromatic carbocycles. The molecule has 0 aliphatic rings. The minimum Gasteiger partial charge on any atom is -0.480 e. The fourth-order valence-electron chi connectivity index (χ4n) is 1.21. The number of carbonyl (C=O) groups is 2. The number of sulfone groups is 1. The number of furan rings is 1. The molecular formula is C10H13NO6S. The molecule has 1 amide bonds. The van der Waals surface area contributed by atoms with E-state index >= 15 is 0 Å². The molecular weight excluding hydrogens is 262 g/mol. The molecule has 0 aliphatic heterocycles. The lowest BCUT2D eigenvalue weighted by molar-refractivity contribution is -0.139. The van der Waals surface area contributed by atoms with Crippen LogP contribution in [0.5, 0.6) is 0 Å². The standard InChI is InChI=1S/C10H13NO6S/c1-3-6(10(13)14)11-9(12)7-4-5-8(17-7)18(2,15)16/h4-6H,3H2,1-2H3,(H,11,12)(H,13,14). The maximum atomic E-state index is 11.6. The summed E-state index contributed by atoms with van der Waals surface area (Å²) in [6.45, 7) is 1.60. The molecule has 0 radical (unpaired) electrons. The molecule has 0 fully saturated rings. The van der Waals surface area contributed by atoms with Gasteiger partial charge in [-0.2, -0.15) is 0 Å². The van der Waals surface area contributed by atoms with Gasteiger partial charge in [0.1, 0.15) is 6.04 Å². The number of aliphatic carboxylic acids is 1. The number of amides is 1. The smallest absolute Gasteiger partial charge is 0.326 e. The molecule has 1 atom stereocenters. The van der Waals surface area contributed by atoms with Crippen LogP contribution in [-0.2, 0) is 14.6 Å². The van der Waals surface area contributed by atoms with Crippen molar-refractivity contribution in [1.29, 1.82) is 0 Å². The van der Waals surface area contributed by atoms with Gasteiger partial charge in [0, 0.05) is 6.26 Å². The summed E-state index contributed by atoms with van der Waals surface area (Å²) in [5, 5.41) is 10.6. The average molecular weight is 275 g/mol. The predicted molar refractivity (Wildman–Crippen MR) is 61.0 cm³/mol. The highest BCUT2D eigenvalue weighted by Gasteiger charge is 2.22. The second-order valence-electron chi connectivity index (χ2n) is 3.66. The Morgan fingerprint density at radius 1 is 1.44 bits per heavy atom. The van der Waals surface area contributed by atoms with E-state index in [1.807, 2.05) is 0 Å². The van der Waals surface area contributed by atoms with Crippen molar-refractivity contribution in [2.24, 2.45) is 0 Å². The van der Waals surface area contributed by atoms with Crippen molar-refractivity contribution in [2.75, 3.05) is 6.26 Å². The zero-order valence-corrected chi connectivity index (χ0v) is 10.7. The lowest BCUT2D eigenvalue weighted by Crippen LogP contribution is -2.40. The predicted octanol–water partition coefficient (Wildman–Crippen LogP) is 0.276. The van der Waals surface area contributed by atoms with Gasteiger partial charge in [0.25, 0.3) is 5.91 Å². The van der Waals surface area contributed by atoms with Crippen molar-refractivity contribution in [2.45, 2.75) is 24.5 Å². The molecule has 18 heavy (non-hydrogen) atoms. The molecule has 0 aliphatic carbocycles. The molecule has 2 N–H and O–H groups in total. The highest BCUT2D eigenvalue weighted by molar-refractivity contribution is 7.90. The zero-order chi connectivity index (χ0) is 13.9. The SMILES string of the molecule is CCC(NC(=O)c1ccc(S(C)(=O)=O)o1)C(=O)O. The molecule has 0 spiro atoms. The Morgan fingerprint density at radius 2 is 2.06 bits per heavy atom. The number of carboxylic acids is 1. The lowest BCUT2D eigenvalue weighted by Gasteiger charge is -2.10. The van der Waals surface area contributed by atoms with Crippen LogP contribution < -0.4 is 5.32 Å². The molecule has 1 unspecified atom stereocenters. The van der Waals surface area contributed by atoms with Gasteiger partial charge in [-0.3, -0.25) is 4.79 Å². The van der Waals surface area contributed by atoms with Gasteiger partial charge in [0.05, 0.1) is 0 Å². The van der Waals surface area contributed by atoms with Gasteiger partial charge in [-0.25, -0.2) is 13.2 Å². The number of carbonyl (C=O) groups excluding carboxylic acids is 1. The van der Waals surface area contributed by atoms with Crippen molar-refractivity contribution in [3.05, 3.63) is 17.9 Å². The maximum absolute atomic E-state index is 11.6. The van der Waals surface area contributed by atoms with Crippen LogP contribution >= 0.6 is 0 Å². The topological polar surface area (TPSA) is 114 Å². The molecule has 8 heteroatoms. The first kappa shape index (κ1) is 14.2. The summed E-state index contributed by atoms with van der Waals surface area (Å²) in [6, 6.07) is 1.29. The minimum absolute atomic E-state index is 0.209. The van der Waals surface area contributed by atoms with Crippen LogP contribution in [0.3, 0.4) is 0 Å². The Kier molecular flexibility index (Phi) is 4.12. The Labute approximate surface area is 104 Å². The average Bonchev–Trinajstić information content (AvgIpc) is 2.73. The van der Waals surface area contributed by atoms with Crippen LogP contribution in [0.2, 0.25) is 0 Å². The van der Waals surface area contributed by atoms with E-state index in [1.165, 1.54) is 6.07 Å². The van der Waals surface area contributed by atoms with E-state index in [4.69, 9.17) is 9.52 Å². The highest BCUT2D eigenvalue weighted by atomic mass is 32.2. The van der Waals surface area contributed by atoms with Gasteiger partial charge in [-0.15, -0.1) is 0 Å². The van der Waals surface area contributed by atoms with Crippen molar-refractivity contribution >= 4 is 21.7 Å². The summed E-state index contributed by atoms with van der Waals surface area (Å²) in [5.74, 6) is -2.17. The molecule has 1 rings (SSSR count). The van der Waals surface area contributed by atoms with Crippen molar-refractivity contribution in [1.82, 2.24) is 5.32 Å². The molecule has 0 saturated heterocycles. The Hall–Kier alpha value is -1.83. The van der Waals surface area contributed by atoms with Gasteiger partial charge >= 0.3 is 5.97 Å². The van der Waals surface area contributed by atoms with Crippen LogP contribution in [0.1, 0.15) is 23.9 Å². The van der Waals surface area contributed by atoms with Gasteiger partial charge < -0.3 is 14.8 Å². The quantitative estimate of drug-likeness (QED) is 0.797. The second kappa shape index (κ2) is 5.21. The summed E-state index contributed by atoms with van der Waals surface area (Å²) < 4.78 is 27.1. The van der Waals surface area contributed by atoms with Gasteiger partial charge in [0.15, 0.2) is 5.76 Å². The van der Waals surface area contributed by atoms with Gasteiger partial charge in [-0.1, -0.05) is 6.92 Å². The van der Waals surface area contributed by atoms with Crippen LogP contribution in [0.15, 0.2) is 21.6 Å². The number of hydrogen-bond acceptors (Lipinski definition) is 5. The van der Waals surface area contributed by atoms with E-state index < -0.39 is 27.8 Å². The van der Waals surface area contributed by atoms with Crippen molar-refractivity contribution in [3.63, 3.8) is 0 Å². The van der Waals surface area contributed by atoms with E-state index in [0.717, 1.165) is 12.3 Å². The van der Waals surface area contributed by atoms with Crippen molar-refractivity contribution < 1.29 is 27.5 Å². The molecule has 7 nitrogen and oxygen atoms in total. The Morgan fingerprint density at radius 3 is 2.44 bits per heavy atom. The third kappa shape index (κ3) is 3.33. The van der Waals surface area contributed by atoms with Crippen molar-refractivity contribution in [3.8, 4) is 0 Å². The Bertz CT molecular complexity index is 559. The first-order valence-electron chi connectivity index (χ1n) is 5.09. The normalized spacial score (nSPS) is 13.0. The van der Waals surface area contributed by atoms with E-state index in [2.05, 4.69) is 5.32 Å². The fraction of sp³-hybridized carbons (Fsp3) is 0.400. The van der Waals surface area contributed by atoms with Crippen LogP contribution in [0.4, 0.5) is 0 Å². The largest absolute Gasteiger partial charge is 0.480 e. The van der Waals surface area contributed by atoms with Gasteiger partial charge in [-0.05, 0) is 18.6 Å². The molecule has 1 aromatic rings. The molecule has 0 saturated carbocycles. The minimum atomic E-state index is -3.53. The molecule has 1 aromatic heterocycles. The molecule has 0 bridgehead atoms. The summed E-state index contributed by atoms with van der Waals surface area (Å²) in [6.07, 6.45) is 1.15. The Balaban J connectivity index is 2.86. The van der Waals surface area contributed by atoms with E-state index in [0.29, 0.717) is 0 Å². The van der Waals surface area contributed by atoms with Gasteiger partial charge in [0.2, 0.25) is 14.9 Å². The monoisotopic (exact) mass is 275 g/mol.